The molecule has 90 valence electrons. The average molecular weight is 250 g/mol. The number of Topliss-reactive ketones (excluding diaryl/α,β-unsaturated/α-hetero) is 1. The summed E-state index contributed by atoms with van der Waals surface area (Å²) in [5.74, 6) is -0.258. The second-order valence-electron chi connectivity index (χ2n) is 4.32. The van der Waals surface area contributed by atoms with E-state index in [0.29, 0.717) is 12.0 Å². The lowest BCUT2D eigenvalue weighted by Crippen LogP contribution is -2.27. The molecule has 0 aromatic heterocycles. The van der Waals surface area contributed by atoms with E-state index in [1.807, 2.05) is 6.92 Å². The van der Waals surface area contributed by atoms with Crippen LogP contribution < -0.4 is 0 Å². The van der Waals surface area contributed by atoms with Crippen LogP contribution in [0.25, 0.3) is 0 Å². The third kappa shape index (κ3) is 1.93. The smallest absolute Gasteiger partial charge is 0.188 e. The number of ketones is 1. The Kier molecular flexibility index (Phi) is 2.91. The first kappa shape index (κ1) is 12.0. The van der Waals surface area contributed by atoms with E-state index in [9.17, 15) is 13.2 Å². The van der Waals surface area contributed by atoms with Crippen molar-refractivity contribution < 1.29 is 13.2 Å². The van der Waals surface area contributed by atoms with E-state index in [-0.39, 0.29) is 10.7 Å². The van der Waals surface area contributed by atoms with Crippen LogP contribution in [0.2, 0.25) is 0 Å². The van der Waals surface area contributed by atoms with Gasteiger partial charge in [-0.25, -0.2) is 8.42 Å². The van der Waals surface area contributed by atoms with Crippen LogP contribution in [0.5, 0.6) is 0 Å². The van der Waals surface area contributed by atoms with Gasteiger partial charge >= 0.3 is 0 Å². The van der Waals surface area contributed by atoms with Gasteiger partial charge in [0.05, 0.1) is 4.90 Å². The van der Waals surface area contributed by atoms with E-state index in [1.54, 1.807) is 25.1 Å². The van der Waals surface area contributed by atoms with Crippen LogP contribution in [0.3, 0.4) is 0 Å². The minimum absolute atomic E-state index is 0.223. The Balaban J connectivity index is 2.41. The van der Waals surface area contributed by atoms with Gasteiger partial charge < -0.3 is 0 Å². The fourth-order valence-corrected chi connectivity index (χ4v) is 3.79. The van der Waals surface area contributed by atoms with Gasteiger partial charge in [-0.2, -0.15) is 0 Å². The molecule has 1 aromatic rings. The molecule has 0 saturated heterocycles. The molecule has 0 aliphatic heterocycles. The molecule has 0 amide bonds. The summed E-state index contributed by atoms with van der Waals surface area (Å²) in [5.41, 5.74) is 1.47. The first-order valence-corrected chi connectivity index (χ1v) is 6.98. The van der Waals surface area contributed by atoms with Crippen LogP contribution in [-0.4, -0.2) is 19.5 Å². The van der Waals surface area contributed by atoms with Crippen molar-refractivity contribution in [3.8, 4) is 0 Å². The highest BCUT2D eigenvalue weighted by atomic mass is 32.2. The summed E-state index contributed by atoms with van der Waals surface area (Å²) in [7, 11) is -3.54. The number of rotatable bonds is 2. The molecule has 1 aliphatic rings. The van der Waals surface area contributed by atoms with E-state index < -0.39 is 15.1 Å². The van der Waals surface area contributed by atoms with Gasteiger partial charge in [0, 0.05) is 0 Å². The summed E-state index contributed by atoms with van der Waals surface area (Å²) in [6.45, 7) is 3.51. The summed E-state index contributed by atoms with van der Waals surface area (Å²) in [6.07, 6.45) is 0.321. The predicted octanol–water partition coefficient (Wildman–Crippen LogP) is 2.14. The van der Waals surface area contributed by atoms with Gasteiger partial charge in [-0.15, -0.1) is 0 Å². The third-order valence-electron chi connectivity index (χ3n) is 3.24. The first-order valence-electron chi connectivity index (χ1n) is 5.44. The quantitative estimate of drug-likeness (QED) is 0.808. The third-order valence-corrected chi connectivity index (χ3v) is 5.30. The Bertz CT molecular complexity index is 582. The number of benzene rings is 1. The van der Waals surface area contributed by atoms with Crippen LogP contribution in [0.4, 0.5) is 0 Å². The van der Waals surface area contributed by atoms with Crippen molar-refractivity contribution in [3.63, 3.8) is 0 Å². The maximum absolute atomic E-state index is 12.3. The highest BCUT2D eigenvalue weighted by molar-refractivity contribution is 7.92. The molecule has 0 saturated carbocycles. The molecule has 0 spiro atoms. The lowest BCUT2D eigenvalue weighted by atomic mass is 10.2. The molecule has 0 heterocycles. The monoisotopic (exact) mass is 250 g/mol. The molecule has 0 fully saturated rings. The molecule has 1 aliphatic carbocycles. The van der Waals surface area contributed by atoms with Crippen molar-refractivity contribution in [2.75, 3.05) is 0 Å². The molecule has 2 rings (SSSR count). The molecular formula is C13H14O3S. The van der Waals surface area contributed by atoms with Crippen LogP contribution in [0.15, 0.2) is 46.4 Å². The fraction of sp³-hybridized carbons (Fsp3) is 0.308. The zero-order valence-corrected chi connectivity index (χ0v) is 10.6. The van der Waals surface area contributed by atoms with Crippen molar-refractivity contribution >= 4 is 15.6 Å². The summed E-state index contributed by atoms with van der Waals surface area (Å²) < 4.78 is 24.6. The minimum atomic E-state index is -3.54. The Morgan fingerprint density at radius 2 is 1.71 bits per heavy atom. The predicted molar refractivity (Wildman–Crippen MR) is 65.4 cm³/mol. The molecule has 0 N–H and O–H groups in total. The molecule has 0 bridgehead atoms. The van der Waals surface area contributed by atoms with Crippen LogP contribution >= 0.6 is 0 Å². The van der Waals surface area contributed by atoms with Gasteiger partial charge in [-0.3, -0.25) is 4.79 Å². The summed E-state index contributed by atoms with van der Waals surface area (Å²) in [6, 6.07) is 8.15. The van der Waals surface area contributed by atoms with Crippen molar-refractivity contribution in [3.05, 3.63) is 41.5 Å². The second-order valence-corrected chi connectivity index (χ2v) is 6.45. The Morgan fingerprint density at radius 3 is 2.18 bits per heavy atom. The van der Waals surface area contributed by atoms with Gasteiger partial charge in [-0.05, 0) is 38.0 Å². The summed E-state index contributed by atoms with van der Waals surface area (Å²) >= 11 is 0. The second kappa shape index (κ2) is 4.11. The van der Waals surface area contributed by atoms with E-state index in [2.05, 4.69) is 0 Å². The number of hydrogen-bond donors (Lipinski definition) is 0. The highest BCUT2D eigenvalue weighted by Crippen LogP contribution is 2.30. The van der Waals surface area contributed by atoms with Gasteiger partial charge in [0.2, 0.25) is 0 Å². The molecule has 3 nitrogen and oxygen atoms in total. The number of hydrogen-bond acceptors (Lipinski definition) is 3. The normalized spacial score (nSPS) is 21.1. The zero-order chi connectivity index (χ0) is 12.6. The average Bonchev–Trinajstić information content (AvgIpc) is 2.59. The van der Waals surface area contributed by atoms with Crippen LogP contribution in [0.1, 0.15) is 20.3 Å². The minimum Gasteiger partial charge on any atom is -0.293 e. The van der Waals surface area contributed by atoms with Crippen molar-refractivity contribution in [1.82, 2.24) is 0 Å². The SMILES string of the molecule is CC1=C(C)C(=O)C(S(=O)(=O)c2ccccc2)C1. The van der Waals surface area contributed by atoms with Gasteiger partial charge in [0.15, 0.2) is 15.6 Å². The van der Waals surface area contributed by atoms with E-state index in [4.69, 9.17) is 0 Å². The van der Waals surface area contributed by atoms with Crippen molar-refractivity contribution in [2.24, 2.45) is 0 Å². The molecule has 1 unspecified atom stereocenters. The van der Waals surface area contributed by atoms with Crippen molar-refractivity contribution in [1.29, 1.82) is 0 Å². The lowest BCUT2D eigenvalue weighted by Gasteiger charge is -2.10. The van der Waals surface area contributed by atoms with Crippen molar-refractivity contribution in [2.45, 2.75) is 30.4 Å². The highest BCUT2D eigenvalue weighted by Gasteiger charge is 2.39. The molecule has 0 radical (unpaired) electrons. The molecule has 1 atom stereocenters. The number of sulfone groups is 1. The molecule has 4 heteroatoms. The standard InChI is InChI=1S/C13H14O3S/c1-9-8-12(13(14)10(9)2)17(15,16)11-6-4-3-5-7-11/h3-7,12H,8H2,1-2H3. The van der Waals surface area contributed by atoms with Crippen LogP contribution in [0, 0.1) is 0 Å². The molecule has 1 aromatic carbocycles. The maximum atomic E-state index is 12.3. The molecule has 17 heavy (non-hydrogen) atoms. The van der Waals surface area contributed by atoms with Gasteiger partial charge in [0.1, 0.15) is 5.25 Å². The number of allylic oxidation sites excluding steroid dienone is 2. The summed E-state index contributed by atoms with van der Waals surface area (Å²) in [5, 5.41) is -0.926. The molecular weight excluding hydrogens is 236 g/mol. The maximum Gasteiger partial charge on any atom is 0.188 e. The number of carbonyl (C=O) groups excluding carboxylic acids is 1. The Hall–Kier alpha value is -1.42. The fourth-order valence-electron chi connectivity index (χ4n) is 2.00. The Labute approximate surface area is 101 Å². The Morgan fingerprint density at radius 1 is 1.12 bits per heavy atom. The van der Waals surface area contributed by atoms with E-state index in [1.165, 1.54) is 12.1 Å². The summed E-state index contributed by atoms with van der Waals surface area (Å²) in [4.78, 5) is 12.1. The van der Waals surface area contributed by atoms with E-state index in [0.717, 1.165) is 5.57 Å². The topological polar surface area (TPSA) is 51.2 Å². The number of carbonyl (C=O) groups is 1. The first-order chi connectivity index (χ1) is 7.94. The van der Waals surface area contributed by atoms with Gasteiger partial charge in [0.25, 0.3) is 0 Å². The zero-order valence-electron chi connectivity index (χ0n) is 9.80. The lowest BCUT2D eigenvalue weighted by molar-refractivity contribution is -0.114. The largest absolute Gasteiger partial charge is 0.293 e. The van der Waals surface area contributed by atoms with E-state index >= 15 is 0 Å². The van der Waals surface area contributed by atoms with Crippen LogP contribution in [-0.2, 0) is 14.6 Å². The van der Waals surface area contributed by atoms with Gasteiger partial charge in [-0.1, -0.05) is 23.8 Å².